The number of carbonyl (C=O) groups excluding carboxylic acids is 1. The van der Waals surface area contributed by atoms with Crippen LogP contribution in [0.4, 0.5) is 0 Å². The lowest BCUT2D eigenvalue weighted by molar-refractivity contribution is -0.120. The van der Waals surface area contributed by atoms with Gasteiger partial charge in [0.2, 0.25) is 0 Å². The quantitative estimate of drug-likeness (QED) is 0.535. The van der Waals surface area contributed by atoms with Crippen LogP contribution in [0.3, 0.4) is 0 Å². The minimum Gasteiger partial charge on any atom is -0.300 e. The van der Waals surface area contributed by atoms with Crippen LogP contribution >= 0.6 is 0 Å². The topological polar surface area (TPSA) is 17.1 Å². The maximum absolute atomic E-state index is 10.9. The van der Waals surface area contributed by atoms with Gasteiger partial charge in [0.05, 0.1) is 0 Å². The fraction of sp³-hybridized carbons (Fsp3) is 0.667. The zero-order valence-corrected chi connectivity index (χ0v) is 6.68. The Kier molecular flexibility index (Phi) is 2.25. The van der Waals surface area contributed by atoms with Gasteiger partial charge in [0.15, 0.2) is 0 Å². The van der Waals surface area contributed by atoms with Gasteiger partial charge >= 0.3 is 0 Å². The van der Waals surface area contributed by atoms with E-state index in [0.29, 0.717) is 11.7 Å². The summed E-state index contributed by atoms with van der Waals surface area (Å²) in [6, 6.07) is 0. The number of Topliss-reactive ketones (excluding diaryl/α,β-unsaturated/α-hetero) is 1. The Hall–Kier alpha value is -0.590. The van der Waals surface area contributed by atoms with Crippen LogP contribution < -0.4 is 0 Å². The van der Waals surface area contributed by atoms with Crippen LogP contribution in [-0.2, 0) is 4.79 Å². The predicted molar refractivity (Wildman–Crippen MR) is 41.8 cm³/mol. The van der Waals surface area contributed by atoms with Crippen LogP contribution in [0.15, 0.2) is 11.6 Å². The summed E-state index contributed by atoms with van der Waals surface area (Å²) >= 11 is 0. The minimum absolute atomic E-state index is 0.315. The molecule has 1 rings (SSSR count). The molecule has 0 aliphatic heterocycles. The highest BCUT2D eigenvalue weighted by molar-refractivity contribution is 5.79. The van der Waals surface area contributed by atoms with Gasteiger partial charge in [0.1, 0.15) is 5.78 Å². The van der Waals surface area contributed by atoms with E-state index in [0.717, 1.165) is 19.3 Å². The van der Waals surface area contributed by atoms with E-state index in [-0.39, 0.29) is 0 Å². The van der Waals surface area contributed by atoms with Gasteiger partial charge in [-0.2, -0.15) is 0 Å². The first-order valence-corrected chi connectivity index (χ1v) is 3.92. The summed E-state index contributed by atoms with van der Waals surface area (Å²) < 4.78 is 0. The van der Waals surface area contributed by atoms with Crippen molar-refractivity contribution in [3.63, 3.8) is 0 Å². The number of ketones is 1. The van der Waals surface area contributed by atoms with E-state index in [2.05, 4.69) is 13.0 Å². The monoisotopic (exact) mass is 138 g/mol. The number of hydrogen-bond acceptors (Lipinski definition) is 1. The Bertz CT molecular complexity index is 168. The van der Waals surface area contributed by atoms with Crippen LogP contribution in [0, 0.1) is 5.92 Å². The van der Waals surface area contributed by atoms with Crippen molar-refractivity contribution < 1.29 is 4.79 Å². The Morgan fingerprint density at radius 1 is 1.80 bits per heavy atom. The highest BCUT2D eigenvalue weighted by Gasteiger charge is 2.19. The number of rotatable bonds is 2. The fourth-order valence-corrected chi connectivity index (χ4v) is 1.39. The predicted octanol–water partition coefficient (Wildman–Crippen LogP) is 2.32. The zero-order valence-electron chi connectivity index (χ0n) is 6.68. The average molecular weight is 138 g/mol. The second kappa shape index (κ2) is 3.00. The van der Waals surface area contributed by atoms with Gasteiger partial charge < -0.3 is 0 Å². The van der Waals surface area contributed by atoms with Crippen molar-refractivity contribution in [2.45, 2.75) is 33.1 Å². The normalized spacial score (nSPS) is 24.6. The fourth-order valence-electron chi connectivity index (χ4n) is 1.39. The molecule has 1 aliphatic carbocycles. The smallest absolute Gasteiger partial charge is 0.133 e. The number of carbonyl (C=O) groups is 1. The number of allylic oxidation sites excluding steroid dienone is 2. The van der Waals surface area contributed by atoms with Gasteiger partial charge in [-0.15, -0.1) is 0 Å². The molecule has 0 aromatic rings. The van der Waals surface area contributed by atoms with E-state index in [4.69, 9.17) is 0 Å². The van der Waals surface area contributed by atoms with Crippen molar-refractivity contribution in [2.24, 2.45) is 5.92 Å². The van der Waals surface area contributed by atoms with Gasteiger partial charge in [-0.3, -0.25) is 4.79 Å². The molecule has 10 heavy (non-hydrogen) atoms. The molecule has 1 heteroatoms. The molecule has 1 aliphatic rings. The maximum atomic E-state index is 10.9. The average Bonchev–Trinajstić information content (AvgIpc) is 2.34. The lowest BCUT2D eigenvalue weighted by Gasteiger charge is -2.02. The summed E-state index contributed by atoms with van der Waals surface area (Å²) in [5, 5.41) is 0. The number of hydrogen-bond donors (Lipinski definition) is 0. The standard InChI is InChI=1S/C9H14O/c1-3-8-4-5-9(6-8)7(2)10/h4,9H,3,5-6H2,1-2H3. The molecule has 0 amide bonds. The maximum Gasteiger partial charge on any atom is 0.133 e. The molecule has 0 radical (unpaired) electrons. The minimum atomic E-state index is 0.315. The van der Waals surface area contributed by atoms with Crippen LogP contribution in [0.25, 0.3) is 0 Å². The largest absolute Gasteiger partial charge is 0.300 e. The molecule has 0 aromatic heterocycles. The van der Waals surface area contributed by atoms with Crippen molar-refractivity contribution in [1.29, 1.82) is 0 Å². The molecule has 0 heterocycles. The van der Waals surface area contributed by atoms with E-state index in [1.165, 1.54) is 5.57 Å². The van der Waals surface area contributed by atoms with Crippen molar-refractivity contribution in [2.75, 3.05) is 0 Å². The third kappa shape index (κ3) is 1.47. The lowest BCUT2D eigenvalue weighted by atomic mass is 10.0. The van der Waals surface area contributed by atoms with E-state index < -0.39 is 0 Å². The molecule has 0 aromatic carbocycles. The van der Waals surface area contributed by atoms with E-state index in [9.17, 15) is 4.79 Å². The Balaban J connectivity index is 2.43. The van der Waals surface area contributed by atoms with Gasteiger partial charge in [-0.1, -0.05) is 18.6 Å². The molecule has 0 fully saturated rings. The van der Waals surface area contributed by atoms with Crippen LogP contribution in [0.5, 0.6) is 0 Å². The Morgan fingerprint density at radius 3 is 2.80 bits per heavy atom. The first-order chi connectivity index (χ1) is 4.74. The van der Waals surface area contributed by atoms with Crippen molar-refractivity contribution in [3.05, 3.63) is 11.6 Å². The molecule has 0 spiro atoms. The molecular formula is C9H14O. The molecule has 56 valence electrons. The highest BCUT2D eigenvalue weighted by atomic mass is 16.1. The summed E-state index contributed by atoms with van der Waals surface area (Å²) in [4.78, 5) is 10.9. The summed E-state index contributed by atoms with van der Waals surface area (Å²) in [6.07, 6.45) is 5.33. The third-order valence-corrected chi connectivity index (χ3v) is 2.23. The van der Waals surface area contributed by atoms with Gasteiger partial charge in [-0.25, -0.2) is 0 Å². The van der Waals surface area contributed by atoms with Gasteiger partial charge in [0.25, 0.3) is 0 Å². The van der Waals surface area contributed by atoms with Crippen LogP contribution in [0.1, 0.15) is 33.1 Å². The highest BCUT2D eigenvalue weighted by Crippen LogP contribution is 2.26. The van der Waals surface area contributed by atoms with E-state index >= 15 is 0 Å². The summed E-state index contributed by atoms with van der Waals surface area (Å²) in [6.45, 7) is 3.84. The molecule has 0 saturated heterocycles. The second-order valence-electron chi connectivity index (χ2n) is 2.96. The first kappa shape index (κ1) is 7.52. The third-order valence-electron chi connectivity index (χ3n) is 2.23. The molecule has 0 saturated carbocycles. The molecule has 0 N–H and O–H groups in total. The Labute approximate surface area is 62.1 Å². The van der Waals surface area contributed by atoms with Crippen molar-refractivity contribution in [1.82, 2.24) is 0 Å². The summed E-state index contributed by atoms with van der Waals surface area (Å²) in [5.41, 5.74) is 1.46. The van der Waals surface area contributed by atoms with Crippen molar-refractivity contribution >= 4 is 5.78 Å². The molecule has 1 nitrogen and oxygen atoms in total. The van der Waals surface area contributed by atoms with Gasteiger partial charge in [0, 0.05) is 5.92 Å². The Morgan fingerprint density at radius 2 is 2.50 bits per heavy atom. The lowest BCUT2D eigenvalue weighted by Crippen LogP contribution is -2.05. The first-order valence-electron chi connectivity index (χ1n) is 3.92. The summed E-state index contributed by atoms with van der Waals surface area (Å²) in [5.74, 6) is 0.662. The van der Waals surface area contributed by atoms with E-state index in [1.807, 2.05) is 0 Å². The van der Waals surface area contributed by atoms with Crippen LogP contribution in [0.2, 0.25) is 0 Å². The van der Waals surface area contributed by atoms with E-state index in [1.54, 1.807) is 6.92 Å². The molecule has 1 atom stereocenters. The molecule has 0 bridgehead atoms. The molecular weight excluding hydrogens is 124 g/mol. The SMILES string of the molecule is CCC1=CCC(C(C)=O)C1. The summed E-state index contributed by atoms with van der Waals surface area (Å²) in [7, 11) is 0. The van der Waals surface area contributed by atoms with Gasteiger partial charge in [-0.05, 0) is 26.2 Å². The second-order valence-corrected chi connectivity index (χ2v) is 2.96. The molecule has 1 unspecified atom stereocenters. The van der Waals surface area contributed by atoms with Crippen LogP contribution in [-0.4, -0.2) is 5.78 Å². The zero-order chi connectivity index (χ0) is 7.56. The van der Waals surface area contributed by atoms with Crippen molar-refractivity contribution in [3.8, 4) is 0 Å².